The van der Waals surface area contributed by atoms with Crippen molar-refractivity contribution in [1.82, 2.24) is 34.6 Å². The average Bonchev–Trinajstić information content (AvgIpc) is 3.54. The van der Waals surface area contributed by atoms with Crippen LogP contribution >= 0.6 is 11.6 Å². The Morgan fingerprint density at radius 1 is 1.08 bits per heavy atom. The number of aromatic nitrogens is 6. The van der Waals surface area contributed by atoms with E-state index in [2.05, 4.69) is 31.9 Å². The van der Waals surface area contributed by atoms with Crippen LogP contribution in [0.1, 0.15) is 18.9 Å². The fourth-order valence-electron chi connectivity index (χ4n) is 4.38. The largest absolute Gasteiger partial charge is 0.453 e. The zero-order chi connectivity index (χ0) is 24.8. The van der Waals surface area contributed by atoms with E-state index in [-0.39, 0.29) is 28.2 Å². The normalized spacial score (nSPS) is 15.6. The van der Waals surface area contributed by atoms with Crippen LogP contribution in [0.25, 0.3) is 33.3 Å². The third kappa shape index (κ3) is 4.06. The molecule has 1 unspecified atom stereocenters. The zero-order valence-electron chi connectivity index (χ0n) is 19.7. The van der Waals surface area contributed by atoms with Crippen LogP contribution in [0.3, 0.4) is 0 Å². The van der Waals surface area contributed by atoms with E-state index in [4.69, 9.17) is 26.1 Å². The Morgan fingerprint density at radius 3 is 2.72 bits per heavy atom. The molecule has 0 bridgehead atoms. The molecule has 1 fully saturated rings. The van der Waals surface area contributed by atoms with Crippen LogP contribution in [0.4, 0.5) is 4.39 Å². The minimum absolute atomic E-state index is 0.0257. The van der Waals surface area contributed by atoms with Crippen LogP contribution in [-0.2, 0) is 4.74 Å². The number of ether oxygens (including phenoxy) is 2. The second-order valence-electron chi connectivity index (χ2n) is 8.69. The molecular weight excluding hydrogens is 485 g/mol. The number of halogens is 2. The first-order chi connectivity index (χ1) is 17.5. The summed E-state index contributed by atoms with van der Waals surface area (Å²) in [5, 5.41) is 4.78. The molecule has 184 valence electrons. The molecule has 9 nitrogen and oxygen atoms in total. The van der Waals surface area contributed by atoms with Gasteiger partial charge in [0.05, 0.1) is 42.3 Å². The van der Waals surface area contributed by atoms with Gasteiger partial charge in [0, 0.05) is 24.8 Å². The lowest BCUT2D eigenvalue weighted by molar-refractivity contribution is 0.000513. The quantitative estimate of drug-likeness (QED) is 0.353. The summed E-state index contributed by atoms with van der Waals surface area (Å²) in [4.78, 5) is 18.8. The molecule has 0 amide bonds. The first kappa shape index (κ1) is 22.8. The summed E-state index contributed by atoms with van der Waals surface area (Å²) in [5.41, 5.74) is 3.31. The fraction of sp³-hybridized carbons (Fsp3) is 0.280. The highest BCUT2D eigenvalue weighted by Gasteiger charge is 2.20. The maximum Gasteiger partial charge on any atom is 0.193 e. The number of aryl methyl sites for hydroxylation is 1. The molecule has 4 heterocycles. The minimum Gasteiger partial charge on any atom is -0.453 e. The Labute approximate surface area is 210 Å². The topological polar surface area (TPSA) is 94.0 Å². The molecule has 5 aromatic rings. The van der Waals surface area contributed by atoms with Crippen LogP contribution in [0.5, 0.6) is 11.5 Å². The van der Waals surface area contributed by atoms with Crippen molar-refractivity contribution < 1.29 is 13.9 Å². The standard InChI is InChI=1S/C25H23ClFN7O2/c1-14-30-18-4-6-21(23(27)25(18)31-14)36-20-5-3-17-24(22(20)26)32-19(12-28-17)16-11-29-34(13-16)15(2)33-7-9-35-10-8-33/h3-6,11-13,15H,7-10H2,1-2H3,(H,30,31). The van der Waals surface area contributed by atoms with Crippen LogP contribution < -0.4 is 4.74 Å². The highest BCUT2D eigenvalue weighted by molar-refractivity contribution is 6.36. The Bertz CT molecular complexity index is 1580. The summed E-state index contributed by atoms with van der Waals surface area (Å²) in [5.74, 6) is 0.361. The molecule has 36 heavy (non-hydrogen) atoms. The SMILES string of the molecule is Cc1nc2c(F)c(Oc3ccc4ncc(-c5cnn(C(C)N6CCOCC6)c5)nc4c3Cl)ccc2[nH]1. The molecule has 11 heteroatoms. The predicted octanol–water partition coefficient (Wildman–Crippen LogP) is 5.11. The van der Waals surface area contributed by atoms with Crippen molar-refractivity contribution >= 4 is 33.7 Å². The maximum absolute atomic E-state index is 15.0. The molecule has 1 saturated heterocycles. The Kier molecular flexibility index (Phi) is 5.79. The summed E-state index contributed by atoms with van der Waals surface area (Å²) in [6.07, 6.45) is 5.48. The van der Waals surface area contributed by atoms with E-state index < -0.39 is 5.82 Å². The van der Waals surface area contributed by atoms with Gasteiger partial charge in [-0.2, -0.15) is 5.10 Å². The lowest BCUT2D eigenvalue weighted by atomic mass is 10.2. The number of rotatable bonds is 5. The van der Waals surface area contributed by atoms with Crippen molar-refractivity contribution in [3.8, 4) is 22.8 Å². The molecule has 0 aliphatic carbocycles. The molecule has 0 radical (unpaired) electrons. The second kappa shape index (κ2) is 9.12. The van der Waals surface area contributed by atoms with Crippen LogP contribution in [0, 0.1) is 12.7 Å². The first-order valence-electron chi connectivity index (χ1n) is 11.6. The molecule has 6 rings (SSSR count). The molecule has 2 aromatic carbocycles. The van der Waals surface area contributed by atoms with Gasteiger partial charge in [-0.05, 0) is 38.1 Å². The number of H-pyrrole nitrogens is 1. The van der Waals surface area contributed by atoms with Gasteiger partial charge >= 0.3 is 0 Å². The van der Waals surface area contributed by atoms with Crippen molar-refractivity contribution in [2.24, 2.45) is 0 Å². The van der Waals surface area contributed by atoms with E-state index in [1.165, 1.54) is 0 Å². The van der Waals surface area contributed by atoms with Gasteiger partial charge in [-0.3, -0.25) is 14.6 Å². The number of morpholine rings is 1. The lowest BCUT2D eigenvalue weighted by Crippen LogP contribution is -2.40. The smallest absolute Gasteiger partial charge is 0.193 e. The van der Waals surface area contributed by atoms with E-state index in [9.17, 15) is 0 Å². The zero-order valence-corrected chi connectivity index (χ0v) is 20.5. The maximum atomic E-state index is 15.0. The number of nitrogens with zero attached hydrogens (tertiary/aromatic N) is 6. The van der Waals surface area contributed by atoms with Crippen LogP contribution in [0.15, 0.2) is 42.9 Å². The Morgan fingerprint density at radius 2 is 1.89 bits per heavy atom. The van der Waals surface area contributed by atoms with Gasteiger partial charge in [-0.25, -0.2) is 14.4 Å². The third-order valence-corrected chi connectivity index (χ3v) is 6.73. The second-order valence-corrected chi connectivity index (χ2v) is 9.07. The highest BCUT2D eigenvalue weighted by Crippen LogP contribution is 2.37. The minimum atomic E-state index is -0.561. The van der Waals surface area contributed by atoms with Gasteiger partial charge in [0.25, 0.3) is 0 Å². The summed E-state index contributed by atoms with van der Waals surface area (Å²) >= 11 is 6.67. The Hall–Kier alpha value is -3.60. The monoisotopic (exact) mass is 507 g/mol. The van der Waals surface area contributed by atoms with Crippen molar-refractivity contribution in [3.05, 3.63) is 59.5 Å². The number of fused-ring (bicyclic) bond motifs is 2. The van der Waals surface area contributed by atoms with E-state index in [1.807, 2.05) is 10.9 Å². The van der Waals surface area contributed by atoms with Crippen molar-refractivity contribution in [2.45, 2.75) is 20.0 Å². The van der Waals surface area contributed by atoms with Crippen molar-refractivity contribution in [3.63, 3.8) is 0 Å². The number of nitrogens with one attached hydrogen (secondary N) is 1. The number of benzene rings is 2. The molecule has 1 aliphatic heterocycles. The first-order valence-corrected chi connectivity index (χ1v) is 12.0. The molecule has 0 spiro atoms. The number of aromatic amines is 1. The molecule has 0 saturated carbocycles. The van der Waals surface area contributed by atoms with Crippen molar-refractivity contribution in [2.75, 3.05) is 26.3 Å². The summed E-state index contributed by atoms with van der Waals surface area (Å²) in [7, 11) is 0. The molecule has 1 aliphatic rings. The van der Waals surface area contributed by atoms with Gasteiger partial charge in [0.15, 0.2) is 11.6 Å². The lowest BCUT2D eigenvalue weighted by Gasteiger charge is -2.32. The van der Waals surface area contributed by atoms with Gasteiger partial charge in [0.2, 0.25) is 0 Å². The summed E-state index contributed by atoms with van der Waals surface area (Å²) < 4.78 is 28.2. The molecule has 3 aromatic heterocycles. The van der Waals surface area contributed by atoms with E-state index >= 15 is 4.39 Å². The third-order valence-electron chi connectivity index (χ3n) is 6.37. The van der Waals surface area contributed by atoms with Crippen LogP contribution in [-0.4, -0.2) is 60.9 Å². The Balaban J connectivity index is 1.31. The van der Waals surface area contributed by atoms with Gasteiger partial charge in [-0.1, -0.05) is 11.6 Å². The van der Waals surface area contributed by atoms with Gasteiger partial charge in [0.1, 0.15) is 33.8 Å². The van der Waals surface area contributed by atoms with E-state index in [1.54, 1.807) is 43.6 Å². The number of hydrogen-bond acceptors (Lipinski definition) is 7. The van der Waals surface area contributed by atoms with Crippen molar-refractivity contribution in [1.29, 1.82) is 0 Å². The fourth-order valence-corrected chi connectivity index (χ4v) is 4.62. The van der Waals surface area contributed by atoms with E-state index in [0.29, 0.717) is 28.1 Å². The van der Waals surface area contributed by atoms with Crippen LogP contribution in [0.2, 0.25) is 5.02 Å². The predicted molar refractivity (Wildman–Crippen MR) is 134 cm³/mol. The number of hydrogen-bond donors (Lipinski definition) is 1. The van der Waals surface area contributed by atoms with Gasteiger partial charge in [-0.15, -0.1) is 0 Å². The number of imidazole rings is 1. The average molecular weight is 508 g/mol. The highest BCUT2D eigenvalue weighted by atomic mass is 35.5. The summed E-state index contributed by atoms with van der Waals surface area (Å²) in [6, 6.07) is 6.66. The summed E-state index contributed by atoms with van der Waals surface area (Å²) in [6.45, 7) is 7.03. The molecule has 1 N–H and O–H groups in total. The van der Waals surface area contributed by atoms with Gasteiger partial charge < -0.3 is 14.5 Å². The molecular formula is C25H23ClFN7O2. The van der Waals surface area contributed by atoms with E-state index in [0.717, 1.165) is 31.9 Å². The molecule has 1 atom stereocenters.